The van der Waals surface area contributed by atoms with E-state index in [9.17, 15) is 0 Å². The van der Waals surface area contributed by atoms with Gasteiger partial charge in [-0.15, -0.1) is 0 Å². The number of hydrogen-bond acceptors (Lipinski definition) is 2. The van der Waals surface area contributed by atoms with Crippen LogP contribution in [-0.4, -0.2) is 0 Å². The van der Waals surface area contributed by atoms with Crippen molar-refractivity contribution in [3.63, 3.8) is 0 Å². The fourth-order valence-corrected chi connectivity index (χ4v) is 3.99. The van der Waals surface area contributed by atoms with Gasteiger partial charge in [0.05, 0.1) is 17.4 Å². The van der Waals surface area contributed by atoms with Gasteiger partial charge in [0.25, 0.3) is 0 Å². The Bertz CT molecular complexity index is 1030. The van der Waals surface area contributed by atoms with Gasteiger partial charge in [-0.3, -0.25) is 10.4 Å². The normalized spacial score (nSPS) is 16.8. The zero-order valence-electron chi connectivity index (χ0n) is 19.6. The first-order chi connectivity index (χ1) is 14.6. The lowest BCUT2D eigenvalue weighted by atomic mass is 9.79. The molecule has 1 N–H and O–H groups in total. The van der Waals surface area contributed by atoms with E-state index in [1.807, 2.05) is 0 Å². The van der Waals surface area contributed by atoms with Crippen LogP contribution >= 0.6 is 0 Å². The van der Waals surface area contributed by atoms with E-state index < -0.39 is 0 Å². The molecule has 1 aliphatic rings. The molecular formula is C29H34N2. The monoisotopic (exact) mass is 410 g/mol. The number of anilines is 1. The number of hydrogen-bond donors (Lipinski definition) is 1. The molecule has 0 aromatic heterocycles. The smallest absolute Gasteiger partial charge is 0.0958 e. The lowest BCUT2D eigenvalue weighted by Crippen LogP contribution is -2.34. The first-order valence-corrected chi connectivity index (χ1v) is 11.2. The molecule has 1 aliphatic heterocycles. The predicted molar refractivity (Wildman–Crippen MR) is 133 cm³/mol. The van der Waals surface area contributed by atoms with Crippen LogP contribution in [0.25, 0.3) is 5.70 Å². The van der Waals surface area contributed by atoms with E-state index in [1.165, 1.54) is 22.3 Å². The third-order valence-corrected chi connectivity index (χ3v) is 6.00. The minimum absolute atomic E-state index is 0.0904. The van der Waals surface area contributed by atoms with Gasteiger partial charge >= 0.3 is 0 Å². The van der Waals surface area contributed by atoms with E-state index in [4.69, 9.17) is 0 Å². The number of para-hydroxylation sites is 1. The standard InChI is InChI=1S/C29H34N2/c1-28(2,3)23-17-22(18-24(19-23)29(4,5)6)26-20-27(21-13-9-7-10-14-21)31(30-26)25-15-11-8-12-16-25/h7-20,27,30H,1-6H3. The molecule has 0 aliphatic carbocycles. The number of nitrogens with one attached hydrogen (secondary N) is 1. The Kier molecular flexibility index (Phi) is 5.43. The summed E-state index contributed by atoms with van der Waals surface area (Å²) in [4.78, 5) is 0. The van der Waals surface area contributed by atoms with E-state index in [0.29, 0.717) is 0 Å². The Labute approximate surface area is 187 Å². The highest BCUT2D eigenvalue weighted by Crippen LogP contribution is 2.37. The van der Waals surface area contributed by atoms with Crippen molar-refractivity contribution in [1.82, 2.24) is 5.43 Å². The molecule has 0 saturated heterocycles. The molecule has 3 aromatic carbocycles. The molecule has 160 valence electrons. The van der Waals surface area contributed by atoms with Crippen LogP contribution in [0.4, 0.5) is 5.69 Å². The van der Waals surface area contributed by atoms with Crippen molar-refractivity contribution in [2.75, 3.05) is 5.01 Å². The lowest BCUT2D eigenvalue weighted by Gasteiger charge is -2.29. The Morgan fingerprint density at radius 1 is 0.677 bits per heavy atom. The largest absolute Gasteiger partial charge is 0.297 e. The van der Waals surface area contributed by atoms with Crippen LogP contribution in [0.1, 0.15) is 69.8 Å². The molecule has 0 saturated carbocycles. The van der Waals surface area contributed by atoms with Crippen LogP contribution in [0, 0.1) is 0 Å². The van der Waals surface area contributed by atoms with Crippen LogP contribution in [0.5, 0.6) is 0 Å². The summed E-state index contributed by atoms with van der Waals surface area (Å²) in [6, 6.07) is 28.5. The first-order valence-electron chi connectivity index (χ1n) is 11.2. The molecule has 3 aromatic rings. The van der Waals surface area contributed by atoms with Crippen LogP contribution in [0.3, 0.4) is 0 Å². The molecule has 0 radical (unpaired) electrons. The summed E-state index contributed by atoms with van der Waals surface area (Å²) in [6.45, 7) is 13.7. The third-order valence-electron chi connectivity index (χ3n) is 6.00. The highest BCUT2D eigenvalue weighted by molar-refractivity contribution is 5.73. The van der Waals surface area contributed by atoms with Crippen LogP contribution in [0.2, 0.25) is 0 Å². The van der Waals surface area contributed by atoms with Crippen molar-refractivity contribution < 1.29 is 0 Å². The topological polar surface area (TPSA) is 15.3 Å². The molecule has 2 nitrogen and oxygen atoms in total. The minimum atomic E-state index is 0.0904. The minimum Gasteiger partial charge on any atom is -0.297 e. The SMILES string of the molecule is CC(C)(C)c1cc(C2=CC(c3ccccc3)N(c3ccccc3)N2)cc(C(C)(C)C)c1. The van der Waals surface area contributed by atoms with Gasteiger partial charge in [-0.25, -0.2) is 0 Å². The number of hydrazine groups is 1. The molecule has 0 fully saturated rings. The average molecular weight is 411 g/mol. The van der Waals surface area contributed by atoms with Crippen LogP contribution in [0.15, 0.2) is 84.9 Å². The third kappa shape index (κ3) is 4.54. The van der Waals surface area contributed by atoms with Crippen molar-refractivity contribution in [1.29, 1.82) is 0 Å². The average Bonchev–Trinajstić information content (AvgIpc) is 3.19. The summed E-state index contributed by atoms with van der Waals surface area (Å²) in [5, 5.41) is 2.27. The maximum Gasteiger partial charge on any atom is 0.0958 e. The van der Waals surface area contributed by atoms with Crippen molar-refractivity contribution in [3.8, 4) is 0 Å². The molecule has 0 amide bonds. The summed E-state index contributed by atoms with van der Waals surface area (Å²) in [7, 11) is 0. The summed E-state index contributed by atoms with van der Waals surface area (Å²) in [5.74, 6) is 0. The highest BCUT2D eigenvalue weighted by Gasteiger charge is 2.28. The number of benzene rings is 3. The second-order valence-electron chi connectivity index (χ2n) is 10.6. The van der Waals surface area contributed by atoms with Gasteiger partial charge < -0.3 is 0 Å². The van der Waals surface area contributed by atoms with E-state index in [0.717, 1.165) is 11.4 Å². The second-order valence-corrected chi connectivity index (χ2v) is 10.6. The van der Waals surface area contributed by atoms with Gasteiger partial charge in [0.1, 0.15) is 0 Å². The van der Waals surface area contributed by atoms with Crippen LogP contribution in [-0.2, 0) is 10.8 Å². The number of rotatable bonds is 3. The van der Waals surface area contributed by atoms with Crippen molar-refractivity contribution >= 4 is 11.4 Å². The summed E-state index contributed by atoms with van der Waals surface area (Å²) < 4.78 is 0. The fourth-order valence-electron chi connectivity index (χ4n) is 3.99. The van der Waals surface area contributed by atoms with Gasteiger partial charge in [0, 0.05) is 0 Å². The van der Waals surface area contributed by atoms with Gasteiger partial charge in [0.2, 0.25) is 0 Å². The van der Waals surface area contributed by atoms with Crippen molar-refractivity contribution in [3.05, 3.63) is 107 Å². The predicted octanol–water partition coefficient (Wildman–Crippen LogP) is 7.39. The van der Waals surface area contributed by atoms with Crippen molar-refractivity contribution in [2.45, 2.75) is 58.4 Å². The quantitative estimate of drug-likeness (QED) is 0.484. The molecule has 1 unspecified atom stereocenters. The molecule has 31 heavy (non-hydrogen) atoms. The van der Waals surface area contributed by atoms with Gasteiger partial charge in [-0.05, 0) is 63.4 Å². The van der Waals surface area contributed by atoms with E-state index in [1.54, 1.807) is 0 Å². The van der Waals surface area contributed by atoms with E-state index >= 15 is 0 Å². The summed E-state index contributed by atoms with van der Waals surface area (Å²) >= 11 is 0. The number of nitrogens with zero attached hydrogens (tertiary/aromatic N) is 1. The Hall–Kier alpha value is -3.00. The van der Waals surface area contributed by atoms with Gasteiger partial charge in [-0.1, -0.05) is 96.1 Å². The molecule has 1 atom stereocenters. The summed E-state index contributed by atoms with van der Waals surface area (Å²) in [5.41, 5.74) is 11.5. The van der Waals surface area contributed by atoms with Crippen LogP contribution < -0.4 is 10.4 Å². The van der Waals surface area contributed by atoms with E-state index in [2.05, 4.69) is 137 Å². The van der Waals surface area contributed by atoms with Crippen molar-refractivity contribution in [2.24, 2.45) is 0 Å². The molecule has 4 rings (SSSR count). The zero-order valence-corrected chi connectivity index (χ0v) is 19.6. The maximum absolute atomic E-state index is 3.72. The first kappa shape index (κ1) is 21.2. The lowest BCUT2D eigenvalue weighted by molar-refractivity contribution is 0.568. The van der Waals surface area contributed by atoms with Gasteiger partial charge in [0.15, 0.2) is 0 Å². The molecule has 1 heterocycles. The Morgan fingerprint density at radius 3 is 1.71 bits per heavy atom. The Balaban J connectivity index is 1.82. The maximum atomic E-state index is 3.72. The highest BCUT2D eigenvalue weighted by atomic mass is 15.5. The van der Waals surface area contributed by atoms with Gasteiger partial charge in [-0.2, -0.15) is 0 Å². The fraction of sp³-hybridized carbons (Fsp3) is 0.310. The Morgan fingerprint density at radius 2 is 1.19 bits per heavy atom. The summed E-state index contributed by atoms with van der Waals surface area (Å²) in [6.07, 6.45) is 2.36. The molecule has 2 heteroatoms. The molecular weight excluding hydrogens is 376 g/mol. The second kappa shape index (κ2) is 7.92. The molecule has 0 spiro atoms. The van der Waals surface area contributed by atoms with E-state index in [-0.39, 0.29) is 16.9 Å². The molecule has 0 bridgehead atoms. The zero-order chi connectivity index (χ0) is 22.2.